The summed E-state index contributed by atoms with van der Waals surface area (Å²) in [4.78, 5) is 10.5. The Kier molecular flexibility index (Phi) is 8.90. The first-order valence-corrected chi connectivity index (χ1v) is 23.8. The number of allylic oxidation sites excluding steroid dienone is 1. The molecular formula is C65H43N3O. The van der Waals surface area contributed by atoms with E-state index in [1.807, 2.05) is 24.3 Å². The van der Waals surface area contributed by atoms with Crippen molar-refractivity contribution in [3.8, 4) is 50.7 Å². The lowest BCUT2D eigenvalue weighted by Gasteiger charge is -2.40. The predicted molar refractivity (Wildman–Crippen MR) is 281 cm³/mol. The predicted octanol–water partition coefficient (Wildman–Crippen LogP) is 16.1. The van der Waals surface area contributed by atoms with E-state index < -0.39 is 0 Å². The van der Waals surface area contributed by atoms with E-state index in [0.29, 0.717) is 5.82 Å². The van der Waals surface area contributed by atoms with Gasteiger partial charge in [0.15, 0.2) is 5.82 Å². The first-order chi connectivity index (χ1) is 34.2. The maximum absolute atomic E-state index is 6.61. The van der Waals surface area contributed by atoms with Gasteiger partial charge in [-0.15, -0.1) is 0 Å². The van der Waals surface area contributed by atoms with Gasteiger partial charge in [0.25, 0.3) is 0 Å². The van der Waals surface area contributed by atoms with Crippen LogP contribution in [0.2, 0.25) is 0 Å². The second kappa shape index (κ2) is 15.6. The highest BCUT2D eigenvalue weighted by Crippen LogP contribution is 2.63. The van der Waals surface area contributed by atoms with E-state index in [0.717, 1.165) is 66.8 Å². The van der Waals surface area contributed by atoms with Crippen LogP contribution in [0.15, 0.2) is 247 Å². The third kappa shape index (κ3) is 6.02. The van der Waals surface area contributed by atoms with Crippen LogP contribution in [0, 0.1) is 5.92 Å². The van der Waals surface area contributed by atoms with E-state index in [4.69, 9.17) is 14.4 Å². The van der Waals surface area contributed by atoms with Gasteiger partial charge in [-0.3, -0.25) is 0 Å². The Bertz CT molecular complexity index is 3850. The number of nitrogens with zero attached hydrogens (tertiary/aromatic N) is 3. The number of aromatic nitrogens is 3. The van der Waals surface area contributed by atoms with Crippen molar-refractivity contribution in [3.05, 3.63) is 276 Å². The maximum atomic E-state index is 6.61. The zero-order valence-electron chi connectivity index (χ0n) is 37.6. The van der Waals surface area contributed by atoms with Crippen LogP contribution >= 0.6 is 0 Å². The van der Waals surface area contributed by atoms with Crippen LogP contribution in [0.25, 0.3) is 89.6 Å². The summed E-state index contributed by atoms with van der Waals surface area (Å²) in [5, 5.41) is 3.26. The number of hydrogen-bond acceptors (Lipinski definition) is 3. The zero-order valence-corrected chi connectivity index (χ0v) is 37.6. The van der Waals surface area contributed by atoms with Crippen LogP contribution in [-0.2, 0) is 5.41 Å². The number of fused-ring (bicyclic) bond motifs is 10. The van der Waals surface area contributed by atoms with Gasteiger partial charge >= 0.3 is 0 Å². The highest BCUT2D eigenvalue weighted by atomic mass is 16.3. The third-order valence-corrected chi connectivity index (χ3v) is 14.8. The molecule has 2 unspecified atom stereocenters. The first-order valence-electron chi connectivity index (χ1n) is 23.8. The molecule has 0 N–H and O–H groups in total. The van der Waals surface area contributed by atoms with Gasteiger partial charge in [0.1, 0.15) is 11.2 Å². The topological polar surface area (TPSA) is 43.9 Å². The molecule has 0 radical (unpaired) electrons. The average molecular weight is 882 g/mol. The largest absolute Gasteiger partial charge is 0.456 e. The van der Waals surface area contributed by atoms with Crippen molar-refractivity contribution in [3.63, 3.8) is 0 Å². The lowest BCUT2D eigenvalue weighted by atomic mass is 9.62. The Labute approximate surface area is 400 Å². The molecule has 4 nitrogen and oxygen atoms in total. The molecule has 0 saturated carbocycles. The van der Waals surface area contributed by atoms with Gasteiger partial charge in [-0.05, 0) is 81.9 Å². The van der Waals surface area contributed by atoms with Crippen molar-refractivity contribution in [1.29, 1.82) is 0 Å². The van der Waals surface area contributed by atoms with Gasteiger partial charge in [0.2, 0.25) is 0 Å². The molecule has 9 aromatic carbocycles. The second-order valence-corrected chi connectivity index (χ2v) is 18.4. The summed E-state index contributed by atoms with van der Waals surface area (Å²) in [6.07, 6.45) is 4.96. The van der Waals surface area contributed by atoms with E-state index in [2.05, 4.69) is 229 Å². The molecule has 2 aliphatic rings. The quantitative estimate of drug-likeness (QED) is 0.160. The Morgan fingerprint density at radius 2 is 1.04 bits per heavy atom. The minimum Gasteiger partial charge on any atom is -0.456 e. The Morgan fingerprint density at radius 1 is 0.464 bits per heavy atom. The van der Waals surface area contributed by atoms with Gasteiger partial charge in [0, 0.05) is 61.6 Å². The van der Waals surface area contributed by atoms with Gasteiger partial charge in [0.05, 0.1) is 22.3 Å². The number of rotatable bonds is 7. The fourth-order valence-electron chi connectivity index (χ4n) is 11.9. The van der Waals surface area contributed by atoms with E-state index in [-0.39, 0.29) is 17.3 Å². The average Bonchev–Trinajstić information content (AvgIpc) is 4.08. The number of benzene rings is 9. The standard InChI is InChI=1S/C65H43N3O/c1-6-19-42(20-7-1)56-41-57(43-21-8-2-9-22-43)67-64(66-56)51-30-18-32-60-61(51)53-40-45(34-38-59(53)69-60)44-33-37-58-52(39-44)49-35-36-55-62(63(49)68(58)48-27-14-5-15-28-48)50-29-16-17-31-54(50)65(55,46-23-10-3-11-24-46)47-25-12-4-13-26-47/h1-41,55,62H. The molecule has 3 heterocycles. The molecule has 14 rings (SSSR count). The van der Waals surface area contributed by atoms with Crippen LogP contribution in [0.4, 0.5) is 0 Å². The van der Waals surface area contributed by atoms with Gasteiger partial charge < -0.3 is 8.98 Å². The molecular weight excluding hydrogens is 839 g/mol. The molecule has 3 aromatic heterocycles. The molecule has 4 heteroatoms. The highest BCUT2D eigenvalue weighted by molar-refractivity contribution is 6.13. The molecule has 0 saturated heterocycles. The summed E-state index contributed by atoms with van der Waals surface area (Å²) in [6.45, 7) is 0. The Hall–Kier alpha value is -8.86. The van der Waals surface area contributed by atoms with E-state index in [9.17, 15) is 0 Å². The van der Waals surface area contributed by atoms with Crippen molar-refractivity contribution in [2.45, 2.75) is 11.3 Å². The molecule has 0 amide bonds. The highest BCUT2D eigenvalue weighted by Gasteiger charge is 2.55. The summed E-state index contributed by atoms with van der Waals surface area (Å²) in [5.41, 5.74) is 18.6. The lowest BCUT2D eigenvalue weighted by Crippen LogP contribution is -2.36. The molecule has 0 aliphatic heterocycles. The van der Waals surface area contributed by atoms with Gasteiger partial charge in [-0.2, -0.15) is 0 Å². The van der Waals surface area contributed by atoms with E-state index >= 15 is 0 Å². The molecule has 0 spiro atoms. The van der Waals surface area contributed by atoms with Crippen molar-refractivity contribution >= 4 is 38.9 Å². The molecule has 2 atom stereocenters. The van der Waals surface area contributed by atoms with Crippen molar-refractivity contribution in [1.82, 2.24) is 14.5 Å². The first kappa shape index (κ1) is 39.3. The third-order valence-electron chi connectivity index (χ3n) is 14.8. The second-order valence-electron chi connectivity index (χ2n) is 18.4. The Balaban J connectivity index is 0.959. The summed E-state index contributed by atoms with van der Waals surface area (Å²) >= 11 is 0. The maximum Gasteiger partial charge on any atom is 0.161 e. The van der Waals surface area contributed by atoms with E-state index in [1.54, 1.807) is 0 Å². The van der Waals surface area contributed by atoms with Gasteiger partial charge in [-0.1, -0.05) is 200 Å². The number of furan rings is 1. The normalized spacial score (nSPS) is 15.6. The summed E-state index contributed by atoms with van der Waals surface area (Å²) < 4.78 is 9.16. The van der Waals surface area contributed by atoms with Crippen molar-refractivity contribution in [2.75, 3.05) is 0 Å². The van der Waals surface area contributed by atoms with Crippen LogP contribution in [0.1, 0.15) is 39.4 Å². The zero-order chi connectivity index (χ0) is 45.5. The summed E-state index contributed by atoms with van der Waals surface area (Å²) in [6, 6.07) is 85.1. The monoisotopic (exact) mass is 881 g/mol. The fourth-order valence-corrected chi connectivity index (χ4v) is 11.9. The SMILES string of the molecule is C1=CC2C(c3ccccc3C2(c2ccccc2)c2ccccc2)c2c1c1cc(-c3ccc4oc5cccc(-c6nc(-c7ccccc7)cc(-c7ccccc7)n6)c5c4c3)ccc1n2-c1ccccc1. The Morgan fingerprint density at radius 3 is 1.71 bits per heavy atom. The minimum atomic E-state index is -0.389. The summed E-state index contributed by atoms with van der Waals surface area (Å²) in [7, 11) is 0. The van der Waals surface area contributed by atoms with Crippen LogP contribution < -0.4 is 0 Å². The number of para-hydroxylation sites is 1. The molecule has 2 aliphatic carbocycles. The van der Waals surface area contributed by atoms with Crippen molar-refractivity contribution < 1.29 is 4.42 Å². The molecule has 0 bridgehead atoms. The van der Waals surface area contributed by atoms with Crippen LogP contribution in [0.5, 0.6) is 0 Å². The molecule has 324 valence electrons. The van der Waals surface area contributed by atoms with Crippen LogP contribution in [-0.4, -0.2) is 14.5 Å². The molecule has 0 fully saturated rings. The minimum absolute atomic E-state index is 0.0924. The smallest absolute Gasteiger partial charge is 0.161 e. The molecule has 69 heavy (non-hydrogen) atoms. The fraction of sp³-hybridized carbons (Fsp3) is 0.0462. The lowest BCUT2D eigenvalue weighted by molar-refractivity contribution is 0.444. The van der Waals surface area contributed by atoms with Gasteiger partial charge in [-0.25, -0.2) is 9.97 Å². The van der Waals surface area contributed by atoms with Crippen molar-refractivity contribution in [2.24, 2.45) is 5.92 Å². The summed E-state index contributed by atoms with van der Waals surface area (Å²) in [5.74, 6) is 0.881. The van der Waals surface area contributed by atoms with Crippen LogP contribution in [0.3, 0.4) is 0 Å². The number of hydrogen-bond donors (Lipinski definition) is 0. The van der Waals surface area contributed by atoms with E-state index in [1.165, 1.54) is 44.4 Å². The molecule has 12 aromatic rings.